The Morgan fingerprint density at radius 3 is 2.63 bits per heavy atom. The van der Waals surface area contributed by atoms with E-state index in [1.807, 2.05) is 6.20 Å². The lowest BCUT2D eigenvalue weighted by Gasteiger charge is -2.31. The molecule has 7 heteroatoms. The van der Waals surface area contributed by atoms with Crippen LogP contribution in [0, 0.1) is 5.82 Å². The van der Waals surface area contributed by atoms with Gasteiger partial charge in [0, 0.05) is 30.2 Å². The molecule has 0 aliphatic carbocycles. The number of hydrogen-bond acceptors (Lipinski definition) is 3. The number of nitrogens with zero attached hydrogens (tertiary/aromatic N) is 2. The SMILES string of the molecule is O=C(O)c1cccc(C(=O)N2CCC(c3c[nH]c4cc(F)ccc34)CC2)n1. The van der Waals surface area contributed by atoms with Gasteiger partial charge in [0.1, 0.15) is 17.2 Å². The molecular formula is C20H18FN3O3. The zero-order valence-corrected chi connectivity index (χ0v) is 14.5. The quantitative estimate of drug-likeness (QED) is 0.743. The maximum absolute atomic E-state index is 13.4. The van der Waals surface area contributed by atoms with E-state index in [0.717, 1.165) is 29.3 Å². The fourth-order valence-electron chi connectivity index (χ4n) is 3.69. The Hall–Kier alpha value is -3.22. The van der Waals surface area contributed by atoms with E-state index in [1.54, 1.807) is 11.0 Å². The van der Waals surface area contributed by atoms with Crippen molar-refractivity contribution in [3.8, 4) is 0 Å². The molecule has 3 aromatic rings. The van der Waals surface area contributed by atoms with Gasteiger partial charge in [-0.15, -0.1) is 0 Å². The number of carbonyl (C=O) groups is 2. The fraction of sp³-hybridized carbons (Fsp3) is 0.250. The van der Waals surface area contributed by atoms with Crippen molar-refractivity contribution in [2.75, 3.05) is 13.1 Å². The number of benzene rings is 1. The number of likely N-dealkylation sites (tertiary alicyclic amines) is 1. The van der Waals surface area contributed by atoms with Gasteiger partial charge >= 0.3 is 5.97 Å². The third-order valence-corrected chi connectivity index (χ3v) is 5.09. The molecule has 138 valence electrons. The van der Waals surface area contributed by atoms with Crippen LogP contribution >= 0.6 is 0 Å². The van der Waals surface area contributed by atoms with Crippen molar-refractivity contribution in [1.29, 1.82) is 0 Å². The number of carboxylic acids is 1. The number of pyridine rings is 1. The van der Waals surface area contributed by atoms with Crippen LogP contribution in [0.4, 0.5) is 4.39 Å². The van der Waals surface area contributed by atoms with E-state index in [4.69, 9.17) is 5.11 Å². The third-order valence-electron chi connectivity index (χ3n) is 5.09. The van der Waals surface area contributed by atoms with Gasteiger partial charge in [0.15, 0.2) is 0 Å². The van der Waals surface area contributed by atoms with Crippen LogP contribution in [0.1, 0.15) is 45.3 Å². The standard InChI is InChI=1S/C20H18FN3O3/c21-13-4-5-14-15(11-22-18(14)10-13)12-6-8-24(9-7-12)19(25)16-2-1-3-17(23-16)20(26)27/h1-5,10-12,22H,6-9H2,(H,26,27). The first-order valence-electron chi connectivity index (χ1n) is 8.79. The number of fused-ring (bicyclic) bond motifs is 1. The first kappa shape index (κ1) is 17.2. The highest BCUT2D eigenvalue weighted by Crippen LogP contribution is 2.33. The van der Waals surface area contributed by atoms with E-state index >= 15 is 0 Å². The molecule has 1 aromatic carbocycles. The number of amides is 1. The summed E-state index contributed by atoms with van der Waals surface area (Å²) in [6.07, 6.45) is 3.49. The molecule has 0 bridgehead atoms. The molecule has 0 spiro atoms. The summed E-state index contributed by atoms with van der Waals surface area (Å²) >= 11 is 0. The normalized spacial score (nSPS) is 15.2. The summed E-state index contributed by atoms with van der Waals surface area (Å²) in [4.78, 5) is 32.4. The Labute approximate surface area is 154 Å². The van der Waals surface area contributed by atoms with Crippen LogP contribution in [-0.2, 0) is 0 Å². The summed E-state index contributed by atoms with van der Waals surface area (Å²) in [5, 5.41) is 10.0. The van der Waals surface area contributed by atoms with Crippen molar-refractivity contribution < 1.29 is 19.1 Å². The minimum atomic E-state index is -1.15. The van der Waals surface area contributed by atoms with E-state index in [0.29, 0.717) is 13.1 Å². The second-order valence-electron chi connectivity index (χ2n) is 6.71. The van der Waals surface area contributed by atoms with Gasteiger partial charge in [0.25, 0.3) is 5.91 Å². The van der Waals surface area contributed by atoms with Crippen LogP contribution < -0.4 is 0 Å². The van der Waals surface area contributed by atoms with Gasteiger partial charge in [-0.1, -0.05) is 6.07 Å². The molecule has 3 heterocycles. The van der Waals surface area contributed by atoms with Crippen LogP contribution in [0.25, 0.3) is 10.9 Å². The summed E-state index contributed by atoms with van der Waals surface area (Å²) in [7, 11) is 0. The number of hydrogen-bond donors (Lipinski definition) is 2. The van der Waals surface area contributed by atoms with Crippen molar-refractivity contribution in [2.45, 2.75) is 18.8 Å². The van der Waals surface area contributed by atoms with Crippen molar-refractivity contribution >= 4 is 22.8 Å². The third kappa shape index (κ3) is 3.28. The molecular weight excluding hydrogens is 349 g/mol. The second-order valence-corrected chi connectivity index (χ2v) is 6.71. The number of nitrogens with one attached hydrogen (secondary N) is 1. The topological polar surface area (TPSA) is 86.3 Å². The molecule has 0 saturated carbocycles. The highest BCUT2D eigenvalue weighted by molar-refractivity contribution is 5.94. The highest BCUT2D eigenvalue weighted by Gasteiger charge is 2.27. The second kappa shape index (κ2) is 6.83. The number of carbonyl (C=O) groups excluding carboxylic acids is 1. The van der Waals surface area contributed by atoms with Gasteiger partial charge < -0.3 is 15.0 Å². The van der Waals surface area contributed by atoms with Gasteiger partial charge in [0.2, 0.25) is 0 Å². The molecule has 1 amide bonds. The average molecular weight is 367 g/mol. The molecule has 1 saturated heterocycles. The molecule has 27 heavy (non-hydrogen) atoms. The van der Waals surface area contributed by atoms with E-state index < -0.39 is 5.97 Å². The summed E-state index contributed by atoms with van der Waals surface area (Å²) in [5.41, 5.74) is 1.93. The lowest BCUT2D eigenvalue weighted by molar-refractivity contribution is 0.0688. The van der Waals surface area contributed by atoms with Crippen LogP contribution in [0.2, 0.25) is 0 Å². The number of halogens is 1. The van der Waals surface area contributed by atoms with Gasteiger partial charge in [-0.25, -0.2) is 14.2 Å². The molecule has 0 radical (unpaired) electrons. The monoisotopic (exact) mass is 367 g/mol. The molecule has 0 unspecified atom stereocenters. The molecule has 2 aromatic heterocycles. The first-order chi connectivity index (χ1) is 13.0. The Kier molecular flexibility index (Phi) is 4.35. The van der Waals surface area contributed by atoms with E-state index in [2.05, 4.69) is 9.97 Å². The zero-order chi connectivity index (χ0) is 19.0. The Morgan fingerprint density at radius 2 is 1.89 bits per heavy atom. The van der Waals surface area contributed by atoms with E-state index in [1.165, 1.54) is 30.3 Å². The number of H-pyrrole nitrogens is 1. The molecule has 4 rings (SSSR count). The minimum Gasteiger partial charge on any atom is -0.477 e. The summed E-state index contributed by atoms with van der Waals surface area (Å²) in [6, 6.07) is 9.16. The van der Waals surface area contributed by atoms with E-state index in [-0.39, 0.29) is 29.0 Å². The molecule has 1 fully saturated rings. The Balaban J connectivity index is 1.47. The number of rotatable bonds is 3. The maximum atomic E-state index is 13.4. The largest absolute Gasteiger partial charge is 0.477 e. The van der Waals surface area contributed by atoms with Crippen molar-refractivity contribution in [3.63, 3.8) is 0 Å². The average Bonchev–Trinajstić information content (AvgIpc) is 3.10. The predicted molar refractivity (Wildman–Crippen MR) is 97.3 cm³/mol. The lowest BCUT2D eigenvalue weighted by Crippen LogP contribution is -2.38. The number of aromatic carboxylic acids is 1. The first-order valence-corrected chi connectivity index (χ1v) is 8.79. The minimum absolute atomic E-state index is 0.137. The van der Waals surface area contributed by atoms with Gasteiger partial charge in [0.05, 0.1) is 0 Å². The summed E-state index contributed by atoms with van der Waals surface area (Å²) < 4.78 is 13.4. The smallest absolute Gasteiger partial charge is 0.354 e. The van der Waals surface area contributed by atoms with Crippen LogP contribution in [-0.4, -0.2) is 44.9 Å². The highest BCUT2D eigenvalue weighted by atomic mass is 19.1. The maximum Gasteiger partial charge on any atom is 0.354 e. The number of aromatic amines is 1. The fourth-order valence-corrected chi connectivity index (χ4v) is 3.69. The predicted octanol–water partition coefficient (Wildman–Crippen LogP) is 3.42. The van der Waals surface area contributed by atoms with Crippen molar-refractivity contribution in [3.05, 3.63) is 65.4 Å². The van der Waals surface area contributed by atoms with Gasteiger partial charge in [-0.2, -0.15) is 0 Å². The van der Waals surface area contributed by atoms with Crippen LogP contribution in [0.5, 0.6) is 0 Å². The summed E-state index contributed by atoms with van der Waals surface area (Å²) in [6.45, 7) is 1.13. The molecule has 1 aliphatic heterocycles. The van der Waals surface area contributed by atoms with Crippen LogP contribution in [0.3, 0.4) is 0 Å². The molecule has 0 atom stereocenters. The molecule has 6 nitrogen and oxygen atoms in total. The lowest BCUT2D eigenvalue weighted by atomic mass is 9.89. The van der Waals surface area contributed by atoms with Crippen LogP contribution in [0.15, 0.2) is 42.6 Å². The van der Waals surface area contributed by atoms with E-state index in [9.17, 15) is 14.0 Å². The van der Waals surface area contributed by atoms with Gasteiger partial charge in [-0.05, 0) is 54.7 Å². The number of aromatic nitrogens is 2. The van der Waals surface area contributed by atoms with Crippen molar-refractivity contribution in [1.82, 2.24) is 14.9 Å². The van der Waals surface area contributed by atoms with Gasteiger partial charge in [-0.3, -0.25) is 4.79 Å². The molecule has 1 aliphatic rings. The number of piperidine rings is 1. The molecule has 2 N–H and O–H groups in total. The number of carboxylic acid groups (broad SMARTS) is 1. The Bertz CT molecular complexity index is 1020. The Morgan fingerprint density at radius 1 is 1.15 bits per heavy atom. The summed E-state index contributed by atoms with van der Waals surface area (Å²) in [5.74, 6) is -1.39. The van der Waals surface area contributed by atoms with Crippen molar-refractivity contribution in [2.24, 2.45) is 0 Å². The zero-order valence-electron chi connectivity index (χ0n) is 14.5.